The van der Waals surface area contributed by atoms with Crippen LogP contribution in [0.25, 0.3) is 0 Å². The molecule has 100 valence electrons. The molecular formula is C10H21N3O2S2. The van der Waals surface area contributed by atoms with Crippen LogP contribution in [0.3, 0.4) is 0 Å². The fourth-order valence-corrected chi connectivity index (χ4v) is 3.78. The predicted octanol–water partition coefficient (Wildman–Crippen LogP) is 0.0168. The molecule has 0 spiro atoms. The SMILES string of the molecule is CCC1CN(S(=O)(=O)C(C)C(N)=S)CCN1C. The van der Waals surface area contributed by atoms with Crippen molar-refractivity contribution in [1.82, 2.24) is 9.21 Å². The van der Waals surface area contributed by atoms with E-state index in [2.05, 4.69) is 11.8 Å². The number of likely N-dealkylation sites (N-methyl/N-ethyl adjacent to an activating group) is 1. The average molecular weight is 279 g/mol. The summed E-state index contributed by atoms with van der Waals surface area (Å²) in [6, 6.07) is 0.275. The summed E-state index contributed by atoms with van der Waals surface area (Å²) in [6.07, 6.45) is 0.934. The molecule has 0 aliphatic carbocycles. The van der Waals surface area contributed by atoms with E-state index in [1.807, 2.05) is 7.05 Å². The van der Waals surface area contributed by atoms with Crippen molar-refractivity contribution in [3.63, 3.8) is 0 Å². The van der Waals surface area contributed by atoms with Crippen LogP contribution >= 0.6 is 12.2 Å². The lowest BCUT2D eigenvalue weighted by Gasteiger charge is -2.39. The van der Waals surface area contributed by atoms with Gasteiger partial charge in [0, 0.05) is 25.7 Å². The van der Waals surface area contributed by atoms with E-state index in [4.69, 9.17) is 18.0 Å². The van der Waals surface area contributed by atoms with Gasteiger partial charge in [-0.2, -0.15) is 4.31 Å². The lowest BCUT2D eigenvalue weighted by molar-refractivity contribution is 0.144. The Morgan fingerprint density at radius 3 is 2.59 bits per heavy atom. The molecule has 2 atom stereocenters. The third kappa shape index (κ3) is 3.15. The van der Waals surface area contributed by atoms with Crippen molar-refractivity contribution in [2.24, 2.45) is 5.73 Å². The molecule has 0 amide bonds. The lowest BCUT2D eigenvalue weighted by atomic mass is 10.1. The number of rotatable bonds is 4. The summed E-state index contributed by atoms with van der Waals surface area (Å²) in [5.74, 6) is 0. The first-order valence-electron chi connectivity index (χ1n) is 5.79. The number of piperazine rings is 1. The number of sulfonamides is 1. The summed E-state index contributed by atoms with van der Waals surface area (Å²) in [6.45, 7) is 5.41. The van der Waals surface area contributed by atoms with E-state index in [9.17, 15) is 8.42 Å². The minimum Gasteiger partial charge on any atom is -0.392 e. The maximum absolute atomic E-state index is 12.2. The zero-order valence-electron chi connectivity index (χ0n) is 10.6. The van der Waals surface area contributed by atoms with Crippen LogP contribution in [0.5, 0.6) is 0 Å². The van der Waals surface area contributed by atoms with Crippen molar-refractivity contribution < 1.29 is 8.42 Å². The highest BCUT2D eigenvalue weighted by Crippen LogP contribution is 2.17. The zero-order valence-corrected chi connectivity index (χ0v) is 12.2. The molecule has 17 heavy (non-hydrogen) atoms. The predicted molar refractivity (Wildman–Crippen MR) is 73.4 cm³/mol. The molecule has 1 fully saturated rings. The second kappa shape index (κ2) is 5.60. The Morgan fingerprint density at radius 1 is 1.53 bits per heavy atom. The van der Waals surface area contributed by atoms with E-state index in [-0.39, 0.29) is 11.0 Å². The largest absolute Gasteiger partial charge is 0.392 e. The molecule has 1 rings (SSSR count). The van der Waals surface area contributed by atoms with Crippen molar-refractivity contribution >= 4 is 27.2 Å². The Morgan fingerprint density at radius 2 is 2.12 bits per heavy atom. The molecule has 2 N–H and O–H groups in total. The van der Waals surface area contributed by atoms with E-state index < -0.39 is 15.3 Å². The molecule has 2 unspecified atom stereocenters. The molecular weight excluding hydrogens is 258 g/mol. The third-order valence-electron chi connectivity index (χ3n) is 3.42. The van der Waals surface area contributed by atoms with E-state index in [1.165, 1.54) is 4.31 Å². The Bertz CT molecular complexity index is 383. The summed E-state index contributed by atoms with van der Waals surface area (Å²) in [4.78, 5) is 2.23. The highest BCUT2D eigenvalue weighted by Gasteiger charge is 2.35. The van der Waals surface area contributed by atoms with Gasteiger partial charge in [0.15, 0.2) is 0 Å². The summed E-state index contributed by atoms with van der Waals surface area (Å²) in [5, 5.41) is -0.779. The number of nitrogens with two attached hydrogens (primary N) is 1. The summed E-state index contributed by atoms with van der Waals surface area (Å²) >= 11 is 4.78. The van der Waals surface area contributed by atoms with Crippen LogP contribution in [-0.4, -0.2) is 60.6 Å². The van der Waals surface area contributed by atoms with Crippen molar-refractivity contribution in [2.75, 3.05) is 26.7 Å². The summed E-state index contributed by atoms with van der Waals surface area (Å²) in [7, 11) is -1.36. The smallest absolute Gasteiger partial charge is 0.223 e. The topological polar surface area (TPSA) is 66.6 Å². The van der Waals surface area contributed by atoms with Gasteiger partial charge >= 0.3 is 0 Å². The van der Waals surface area contributed by atoms with Crippen LogP contribution in [0.15, 0.2) is 0 Å². The normalized spacial score (nSPS) is 25.7. The van der Waals surface area contributed by atoms with Crippen molar-refractivity contribution in [3.8, 4) is 0 Å². The van der Waals surface area contributed by atoms with Gasteiger partial charge in [0.25, 0.3) is 0 Å². The first kappa shape index (κ1) is 14.8. The third-order valence-corrected chi connectivity index (χ3v) is 6.12. The molecule has 1 saturated heterocycles. The number of nitrogens with zero attached hydrogens (tertiary/aromatic N) is 2. The van der Waals surface area contributed by atoms with E-state index in [0.717, 1.165) is 13.0 Å². The van der Waals surface area contributed by atoms with Gasteiger partial charge in [-0.1, -0.05) is 19.1 Å². The second-order valence-corrected chi connectivity index (χ2v) is 7.22. The standard InChI is InChI=1S/C10H21N3O2S2/c1-4-9-7-13(6-5-12(9)3)17(14,15)8(2)10(11)16/h8-9H,4-7H2,1-3H3,(H2,11,16). The molecule has 7 heteroatoms. The molecule has 0 aromatic carbocycles. The maximum Gasteiger partial charge on any atom is 0.223 e. The van der Waals surface area contributed by atoms with Gasteiger partial charge in [0.1, 0.15) is 5.25 Å². The molecule has 0 aromatic rings. The highest BCUT2D eigenvalue weighted by atomic mass is 32.2. The minimum atomic E-state index is -3.39. The van der Waals surface area contributed by atoms with Gasteiger partial charge in [0.05, 0.1) is 4.99 Å². The lowest BCUT2D eigenvalue weighted by Crippen LogP contribution is -2.55. The molecule has 0 aromatic heterocycles. The number of hydrogen-bond acceptors (Lipinski definition) is 4. The average Bonchev–Trinajstić information content (AvgIpc) is 2.28. The molecule has 1 aliphatic rings. The second-order valence-electron chi connectivity index (χ2n) is 4.49. The number of hydrogen-bond donors (Lipinski definition) is 1. The van der Waals surface area contributed by atoms with Gasteiger partial charge in [-0.05, 0) is 20.4 Å². The van der Waals surface area contributed by atoms with Crippen LogP contribution < -0.4 is 5.73 Å². The summed E-state index contributed by atoms with van der Waals surface area (Å²) in [5.41, 5.74) is 5.44. The van der Waals surface area contributed by atoms with Gasteiger partial charge in [-0.3, -0.25) is 0 Å². The van der Waals surface area contributed by atoms with Crippen molar-refractivity contribution in [2.45, 2.75) is 31.6 Å². The van der Waals surface area contributed by atoms with Crippen LogP contribution in [-0.2, 0) is 10.0 Å². The Kier molecular flexibility index (Phi) is 4.88. The quantitative estimate of drug-likeness (QED) is 0.735. The van der Waals surface area contributed by atoms with Crippen LogP contribution in [0.2, 0.25) is 0 Å². The fourth-order valence-electron chi connectivity index (χ4n) is 1.96. The van der Waals surface area contributed by atoms with E-state index in [1.54, 1.807) is 6.92 Å². The molecule has 0 bridgehead atoms. The molecule has 1 heterocycles. The maximum atomic E-state index is 12.2. The van der Waals surface area contributed by atoms with Gasteiger partial charge in [-0.25, -0.2) is 8.42 Å². The van der Waals surface area contributed by atoms with Crippen molar-refractivity contribution in [3.05, 3.63) is 0 Å². The van der Waals surface area contributed by atoms with Crippen molar-refractivity contribution in [1.29, 1.82) is 0 Å². The van der Waals surface area contributed by atoms with E-state index in [0.29, 0.717) is 13.1 Å². The minimum absolute atomic E-state index is 0.0389. The summed E-state index contributed by atoms with van der Waals surface area (Å²) < 4.78 is 26.0. The van der Waals surface area contributed by atoms with Crippen LogP contribution in [0, 0.1) is 0 Å². The number of thiocarbonyl (C=S) groups is 1. The Balaban J connectivity index is 2.83. The van der Waals surface area contributed by atoms with Gasteiger partial charge in [-0.15, -0.1) is 0 Å². The van der Waals surface area contributed by atoms with Crippen LogP contribution in [0.1, 0.15) is 20.3 Å². The van der Waals surface area contributed by atoms with E-state index >= 15 is 0 Å². The monoisotopic (exact) mass is 279 g/mol. The first-order valence-corrected chi connectivity index (χ1v) is 7.70. The fraction of sp³-hybridized carbons (Fsp3) is 0.900. The zero-order chi connectivity index (χ0) is 13.2. The first-order chi connectivity index (χ1) is 7.80. The van der Waals surface area contributed by atoms with Gasteiger partial charge in [0.2, 0.25) is 10.0 Å². The van der Waals surface area contributed by atoms with Gasteiger partial charge < -0.3 is 10.6 Å². The molecule has 0 radical (unpaired) electrons. The highest BCUT2D eigenvalue weighted by molar-refractivity contribution is 7.92. The Hall–Kier alpha value is -0.240. The molecule has 1 aliphatic heterocycles. The molecule has 0 saturated carbocycles. The Labute approximate surface area is 109 Å². The van der Waals surface area contributed by atoms with Crippen LogP contribution in [0.4, 0.5) is 0 Å². The molecule has 5 nitrogen and oxygen atoms in total.